The first kappa shape index (κ1) is 11.8. The maximum absolute atomic E-state index is 3.53. The molecule has 1 nitrogen and oxygen atoms in total. The Hall–Kier alpha value is 0.690. The Morgan fingerprint density at radius 1 is 1.00 bits per heavy atom. The molecule has 1 fully saturated rings. The molecule has 0 atom stereocenters. The molecule has 0 aromatic heterocycles. The quantitative estimate of drug-likeness (QED) is 0.391. The third-order valence-corrected chi connectivity index (χ3v) is 3.43. The molecule has 13 heavy (non-hydrogen) atoms. The number of halogens is 1. The van der Waals surface area contributed by atoms with Gasteiger partial charge in [-0.25, -0.2) is 0 Å². The van der Waals surface area contributed by atoms with E-state index >= 15 is 0 Å². The van der Waals surface area contributed by atoms with Crippen molar-refractivity contribution in [1.29, 1.82) is 0 Å². The minimum atomic E-state index is 1.09. The fourth-order valence-corrected chi connectivity index (χ4v) is 2.08. The number of unbranched alkanes of at least 4 members (excludes halogenated alkanes) is 3. The van der Waals surface area contributed by atoms with E-state index in [0.717, 1.165) is 5.92 Å². The molecule has 78 valence electrons. The number of hydrogen-bond acceptors (Lipinski definition) is 1. The van der Waals surface area contributed by atoms with Gasteiger partial charge < -0.3 is 5.32 Å². The third-order valence-electron chi connectivity index (χ3n) is 2.66. The van der Waals surface area contributed by atoms with Crippen molar-refractivity contribution in [3.05, 3.63) is 0 Å². The van der Waals surface area contributed by atoms with E-state index in [1.807, 2.05) is 0 Å². The minimum absolute atomic E-state index is 1.09. The number of alkyl halides is 1. The molecule has 1 rings (SSSR count). The SMILES string of the molecule is ICCCCCCNCCC1CC1. The van der Waals surface area contributed by atoms with E-state index < -0.39 is 0 Å². The molecule has 2 heteroatoms. The summed E-state index contributed by atoms with van der Waals surface area (Å²) in [6.07, 6.45) is 10.0. The van der Waals surface area contributed by atoms with Crippen molar-refractivity contribution in [2.24, 2.45) is 5.92 Å². The molecular formula is C11H22IN. The van der Waals surface area contributed by atoms with Crippen molar-refractivity contribution in [2.45, 2.75) is 44.9 Å². The molecular weight excluding hydrogens is 273 g/mol. The zero-order valence-electron chi connectivity index (χ0n) is 8.53. The summed E-state index contributed by atoms with van der Waals surface area (Å²) >= 11 is 2.46. The van der Waals surface area contributed by atoms with Crippen LogP contribution in [0, 0.1) is 5.92 Å². The van der Waals surface area contributed by atoms with Crippen LogP contribution < -0.4 is 5.32 Å². The maximum Gasteiger partial charge on any atom is -0.000473 e. The summed E-state index contributed by atoms with van der Waals surface area (Å²) in [5.41, 5.74) is 0. The number of nitrogens with one attached hydrogen (secondary N) is 1. The lowest BCUT2D eigenvalue weighted by Gasteiger charge is -2.03. The maximum atomic E-state index is 3.53. The van der Waals surface area contributed by atoms with E-state index in [9.17, 15) is 0 Å². The van der Waals surface area contributed by atoms with Gasteiger partial charge in [-0.05, 0) is 42.7 Å². The summed E-state index contributed by atoms with van der Waals surface area (Å²) < 4.78 is 1.33. The molecule has 0 amide bonds. The fraction of sp³-hybridized carbons (Fsp3) is 1.00. The predicted octanol–water partition coefficient (Wildman–Crippen LogP) is 3.37. The number of hydrogen-bond donors (Lipinski definition) is 1. The fourth-order valence-electron chi connectivity index (χ4n) is 1.54. The Morgan fingerprint density at radius 3 is 2.46 bits per heavy atom. The lowest BCUT2D eigenvalue weighted by atomic mass is 10.2. The van der Waals surface area contributed by atoms with Crippen LogP contribution in [0.3, 0.4) is 0 Å². The molecule has 0 bridgehead atoms. The Balaban J connectivity index is 1.63. The van der Waals surface area contributed by atoms with Crippen molar-refractivity contribution < 1.29 is 0 Å². The first-order valence-electron chi connectivity index (χ1n) is 5.70. The zero-order chi connectivity index (χ0) is 9.36. The van der Waals surface area contributed by atoms with Crippen molar-refractivity contribution in [3.63, 3.8) is 0 Å². The lowest BCUT2D eigenvalue weighted by Crippen LogP contribution is -2.16. The first-order chi connectivity index (χ1) is 6.43. The number of rotatable bonds is 9. The van der Waals surface area contributed by atoms with E-state index in [-0.39, 0.29) is 0 Å². The molecule has 1 saturated carbocycles. The van der Waals surface area contributed by atoms with Crippen LogP contribution in [0.25, 0.3) is 0 Å². The van der Waals surface area contributed by atoms with E-state index in [2.05, 4.69) is 27.9 Å². The van der Waals surface area contributed by atoms with Crippen molar-refractivity contribution in [2.75, 3.05) is 17.5 Å². The van der Waals surface area contributed by atoms with Crippen molar-refractivity contribution >= 4 is 22.6 Å². The third kappa shape index (κ3) is 7.74. The Labute approximate surface area is 96.2 Å². The summed E-state index contributed by atoms with van der Waals surface area (Å²) in [6, 6.07) is 0. The predicted molar refractivity (Wildman–Crippen MR) is 67.6 cm³/mol. The highest BCUT2D eigenvalue weighted by Gasteiger charge is 2.19. The molecule has 0 aromatic carbocycles. The second kappa shape index (κ2) is 8.04. The van der Waals surface area contributed by atoms with E-state index in [0.29, 0.717) is 0 Å². The molecule has 0 aromatic rings. The molecule has 0 radical (unpaired) electrons. The van der Waals surface area contributed by atoms with Gasteiger partial charge in [0.05, 0.1) is 0 Å². The van der Waals surface area contributed by atoms with Crippen LogP contribution in [0.1, 0.15) is 44.9 Å². The van der Waals surface area contributed by atoms with Gasteiger partial charge in [-0.1, -0.05) is 48.3 Å². The van der Waals surface area contributed by atoms with Crippen LogP contribution in [-0.4, -0.2) is 17.5 Å². The monoisotopic (exact) mass is 295 g/mol. The normalized spacial score (nSPS) is 16.4. The summed E-state index contributed by atoms with van der Waals surface area (Å²) in [4.78, 5) is 0. The van der Waals surface area contributed by atoms with E-state index in [1.165, 1.54) is 62.5 Å². The molecule has 1 N–H and O–H groups in total. The van der Waals surface area contributed by atoms with Crippen LogP contribution >= 0.6 is 22.6 Å². The van der Waals surface area contributed by atoms with Crippen LogP contribution in [0.2, 0.25) is 0 Å². The van der Waals surface area contributed by atoms with Crippen LogP contribution in [0.4, 0.5) is 0 Å². The van der Waals surface area contributed by atoms with E-state index in [4.69, 9.17) is 0 Å². The summed E-state index contributed by atoms with van der Waals surface area (Å²) in [5, 5.41) is 3.53. The van der Waals surface area contributed by atoms with E-state index in [1.54, 1.807) is 0 Å². The highest BCUT2D eigenvalue weighted by molar-refractivity contribution is 14.1. The average Bonchev–Trinajstić information content (AvgIpc) is 2.93. The molecule has 0 spiro atoms. The second-order valence-electron chi connectivity index (χ2n) is 4.09. The highest BCUT2D eigenvalue weighted by atomic mass is 127. The lowest BCUT2D eigenvalue weighted by molar-refractivity contribution is 0.570. The Bertz CT molecular complexity index is 113. The average molecular weight is 295 g/mol. The highest BCUT2D eigenvalue weighted by Crippen LogP contribution is 2.31. The molecule has 0 saturated heterocycles. The zero-order valence-corrected chi connectivity index (χ0v) is 10.7. The topological polar surface area (TPSA) is 12.0 Å². The molecule has 0 aliphatic heterocycles. The molecule has 0 unspecified atom stereocenters. The second-order valence-corrected chi connectivity index (χ2v) is 5.16. The van der Waals surface area contributed by atoms with Gasteiger partial charge in [0.2, 0.25) is 0 Å². The largest absolute Gasteiger partial charge is 0.317 e. The Kier molecular flexibility index (Phi) is 7.27. The standard InChI is InChI=1S/C11H22IN/c12-8-3-1-2-4-9-13-10-7-11-5-6-11/h11,13H,1-10H2. The minimum Gasteiger partial charge on any atom is -0.317 e. The first-order valence-corrected chi connectivity index (χ1v) is 7.22. The van der Waals surface area contributed by atoms with Gasteiger partial charge in [-0.15, -0.1) is 0 Å². The summed E-state index contributed by atoms with van der Waals surface area (Å²) in [5.74, 6) is 1.09. The van der Waals surface area contributed by atoms with Crippen LogP contribution in [-0.2, 0) is 0 Å². The Morgan fingerprint density at radius 2 is 1.77 bits per heavy atom. The molecule has 1 aliphatic rings. The van der Waals surface area contributed by atoms with Gasteiger partial charge >= 0.3 is 0 Å². The van der Waals surface area contributed by atoms with Gasteiger partial charge in [0.25, 0.3) is 0 Å². The smallest absolute Gasteiger partial charge is 0.000473 e. The molecule has 1 aliphatic carbocycles. The van der Waals surface area contributed by atoms with Gasteiger partial charge in [0.1, 0.15) is 0 Å². The summed E-state index contributed by atoms with van der Waals surface area (Å²) in [6.45, 7) is 2.50. The van der Waals surface area contributed by atoms with Crippen molar-refractivity contribution in [3.8, 4) is 0 Å². The molecule has 0 heterocycles. The van der Waals surface area contributed by atoms with Crippen LogP contribution in [0.15, 0.2) is 0 Å². The summed E-state index contributed by atoms with van der Waals surface area (Å²) in [7, 11) is 0. The van der Waals surface area contributed by atoms with Gasteiger partial charge in [0, 0.05) is 0 Å². The van der Waals surface area contributed by atoms with Crippen molar-refractivity contribution in [1.82, 2.24) is 5.32 Å². The van der Waals surface area contributed by atoms with Crippen LogP contribution in [0.5, 0.6) is 0 Å². The van der Waals surface area contributed by atoms with Gasteiger partial charge in [0.15, 0.2) is 0 Å². The van der Waals surface area contributed by atoms with Gasteiger partial charge in [-0.3, -0.25) is 0 Å². The van der Waals surface area contributed by atoms with Gasteiger partial charge in [-0.2, -0.15) is 0 Å².